The summed E-state index contributed by atoms with van der Waals surface area (Å²) in [6.07, 6.45) is 2.51. The van der Waals surface area contributed by atoms with E-state index in [2.05, 4.69) is 30.8 Å². The van der Waals surface area contributed by atoms with E-state index in [4.69, 9.17) is 16.3 Å². The number of amides is 1. The van der Waals surface area contributed by atoms with Gasteiger partial charge in [0.15, 0.2) is 11.6 Å². The average molecular weight is 470 g/mol. The zero-order valence-electron chi connectivity index (χ0n) is 17.8. The number of carbonyl (C=O) groups is 1. The minimum absolute atomic E-state index is 0.136. The molecule has 0 spiro atoms. The number of benzene rings is 1. The molecular formula is C22H21ClFN7O2. The van der Waals surface area contributed by atoms with Crippen LogP contribution in [0.3, 0.4) is 0 Å². The molecular weight excluding hydrogens is 449 g/mol. The highest BCUT2D eigenvalue weighted by molar-refractivity contribution is 6.34. The Morgan fingerprint density at radius 1 is 1.21 bits per heavy atom. The van der Waals surface area contributed by atoms with E-state index in [1.165, 1.54) is 6.21 Å². The van der Waals surface area contributed by atoms with Crippen LogP contribution in [0.4, 0.5) is 21.8 Å². The molecule has 3 heterocycles. The quantitative estimate of drug-likeness (QED) is 0.420. The highest BCUT2D eigenvalue weighted by Crippen LogP contribution is 2.25. The Balaban J connectivity index is 1.43. The average Bonchev–Trinajstić information content (AvgIpc) is 2.83. The molecule has 1 fully saturated rings. The smallest absolute Gasteiger partial charge is 0.274 e. The lowest BCUT2D eigenvalue weighted by Crippen LogP contribution is -2.37. The molecule has 1 amide bonds. The van der Waals surface area contributed by atoms with Gasteiger partial charge in [-0.2, -0.15) is 10.1 Å². The van der Waals surface area contributed by atoms with Gasteiger partial charge in [0.1, 0.15) is 5.69 Å². The van der Waals surface area contributed by atoms with E-state index in [0.717, 1.165) is 11.8 Å². The fraction of sp³-hybridized carbons (Fsp3) is 0.227. The molecule has 2 aromatic heterocycles. The van der Waals surface area contributed by atoms with Crippen molar-refractivity contribution in [1.29, 1.82) is 0 Å². The first-order valence-corrected chi connectivity index (χ1v) is 10.6. The third kappa shape index (κ3) is 5.60. The molecule has 0 bridgehead atoms. The SMILES string of the molecule is Cc1cccc(Cl)c1NC(=O)c1cccc(/C=N/Nc2ncc(F)c(N3CCOCC3)n2)n1. The topological polar surface area (TPSA) is 105 Å². The lowest BCUT2D eigenvalue weighted by molar-refractivity contribution is 0.102. The van der Waals surface area contributed by atoms with Gasteiger partial charge in [-0.05, 0) is 30.7 Å². The van der Waals surface area contributed by atoms with Crippen molar-refractivity contribution >= 4 is 41.2 Å². The normalized spacial score (nSPS) is 13.8. The van der Waals surface area contributed by atoms with Crippen LogP contribution in [-0.4, -0.2) is 53.4 Å². The van der Waals surface area contributed by atoms with Gasteiger partial charge in [-0.3, -0.25) is 4.79 Å². The molecule has 1 aliphatic rings. The molecule has 3 aromatic rings. The monoisotopic (exact) mass is 469 g/mol. The number of anilines is 3. The second-order valence-electron chi connectivity index (χ2n) is 7.17. The molecule has 170 valence electrons. The second-order valence-corrected chi connectivity index (χ2v) is 7.58. The van der Waals surface area contributed by atoms with Gasteiger partial charge < -0.3 is 15.0 Å². The van der Waals surface area contributed by atoms with Gasteiger partial charge in [0.25, 0.3) is 5.91 Å². The van der Waals surface area contributed by atoms with Crippen molar-refractivity contribution in [2.24, 2.45) is 5.10 Å². The van der Waals surface area contributed by atoms with Gasteiger partial charge in [-0.25, -0.2) is 19.8 Å². The van der Waals surface area contributed by atoms with Crippen molar-refractivity contribution in [1.82, 2.24) is 15.0 Å². The van der Waals surface area contributed by atoms with Crippen LogP contribution in [0, 0.1) is 12.7 Å². The molecule has 1 aromatic carbocycles. The number of pyridine rings is 1. The first-order valence-electron chi connectivity index (χ1n) is 10.2. The van der Waals surface area contributed by atoms with Gasteiger partial charge >= 0.3 is 0 Å². The van der Waals surface area contributed by atoms with Gasteiger partial charge in [0.05, 0.1) is 42.0 Å². The Labute approximate surface area is 194 Å². The Morgan fingerprint density at radius 3 is 2.79 bits per heavy atom. The molecule has 0 radical (unpaired) electrons. The van der Waals surface area contributed by atoms with Crippen LogP contribution in [0.25, 0.3) is 0 Å². The number of hydrazone groups is 1. The van der Waals surface area contributed by atoms with Crippen LogP contribution in [0.1, 0.15) is 21.7 Å². The highest BCUT2D eigenvalue weighted by atomic mass is 35.5. The Kier molecular flexibility index (Phi) is 7.06. The molecule has 11 heteroatoms. The summed E-state index contributed by atoms with van der Waals surface area (Å²) in [5.74, 6) is -0.582. The summed E-state index contributed by atoms with van der Waals surface area (Å²) >= 11 is 6.18. The van der Waals surface area contributed by atoms with Crippen LogP contribution in [0.15, 0.2) is 47.7 Å². The summed E-state index contributed by atoms with van der Waals surface area (Å²) < 4.78 is 19.4. The van der Waals surface area contributed by atoms with Crippen LogP contribution >= 0.6 is 11.6 Å². The van der Waals surface area contributed by atoms with Crippen LogP contribution < -0.4 is 15.6 Å². The summed E-state index contributed by atoms with van der Waals surface area (Å²) in [4.78, 5) is 26.8. The summed E-state index contributed by atoms with van der Waals surface area (Å²) in [6, 6.07) is 10.3. The number of halogens is 2. The summed E-state index contributed by atoms with van der Waals surface area (Å²) in [5, 5.41) is 7.29. The van der Waals surface area contributed by atoms with E-state index < -0.39 is 11.7 Å². The molecule has 9 nitrogen and oxygen atoms in total. The number of nitrogens with zero attached hydrogens (tertiary/aromatic N) is 5. The van der Waals surface area contributed by atoms with E-state index in [9.17, 15) is 9.18 Å². The van der Waals surface area contributed by atoms with E-state index in [0.29, 0.717) is 42.7 Å². The van der Waals surface area contributed by atoms with Gasteiger partial charge in [0, 0.05) is 13.1 Å². The van der Waals surface area contributed by atoms with Gasteiger partial charge in [-0.1, -0.05) is 29.8 Å². The van der Waals surface area contributed by atoms with Crippen LogP contribution in [-0.2, 0) is 4.74 Å². The number of morpholine rings is 1. The first kappa shape index (κ1) is 22.6. The third-order valence-corrected chi connectivity index (χ3v) is 5.18. The molecule has 1 saturated heterocycles. The molecule has 0 saturated carbocycles. The van der Waals surface area contributed by atoms with Crippen molar-refractivity contribution in [3.8, 4) is 0 Å². The number of para-hydroxylation sites is 1. The fourth-order valence-electron chi connectivity index (χ4n) is 3.18. The molecule has 4 rings (SSSR count). The minimum Gasteiger partial charge on any atom is -0.378 e. The standard InChI is InChI=1S/C22H21ClFN7O2/c1-14-4-2-6-16(23)19(14)28-21(32)18-7-3-5-15(27-18)12-26-30-22-25-13-17(24)20(29-22)31-8-10-33-11-9-31/h2-7,12-13H,8-11H2,1H3,(H,28,32)(H,25,29,30)/b26-12+. The lowest BCUT2D eigenvalue weighted by atomic mass is 10.2. The zero-order chi connectivity index (χ0) is 23.2. The summed E-state index contributed by atoms with van der Waals surface area (Å²) in [6.45, 7) is 3.96. The van der Waals surface area contributed by atoms with E-state index in [1.54, 1.807) is 29.2 Å². The maximum atomic E-state index is 14.1. The van der Waals surface area contributed by atoms with Gasteiger partial charge in [-0.15, -0.1) is 0 Å². The number of nitrogens with one attached hydrogen (secondary N) is 2. The third-order valence-electron chi connectivity index (χ3n) is 4.86. The minimum atomic E-state index is -0.513. The van der Waals surface area contributed by atoms with E-state index in [1.807, 2.05) is 19.1 Å². The lowest BCUT2D eigenvalue weighted by Gasteiger charge is -2.27. The second kappa shape index (κ2) is 10.3. The molecule has 1 aliphatic heterocycles. The largest absolute Gasteiger partial charge is 0.378 e. The number of hydrogen-bond acceptors (Lipinski definition) is 8. The van der Waals surface area contributed by atoms with Crippen molar-refractivity contribution < 1.29 is 13.9 Å². The molecule has 0 aliphatic carbocycles. The number of aromatic nitrogens is 3. The highest BCUT2D eigenvalue weighted by Gasteiger charge is 2.18. The Morgan fingerprint density at radius 2 is 2.00 bits per heavy atom. The summed E-state index contributed by atoms with van der Waals surface area (Å²) in [7, 11) is 0. The number of aryl methyl sites for hydroxylation is 1. The Bertz CT molecular complexity index is 1160. The fourth-order valence-corrected chi connectivity index (χ4v) is 3.45. The van der Waals surface area contributed by atoms with Crippen molar-refractivity contribution in [2.75, 3.05) is 41.9 Å². The van der Waals surface area contributed by atoms with E-state index >= 15 is 0 Å². The maximum absolute atomic E-state index is 14.1. The number of carbonyl (C=O) groups excluding carboxylic acids is 1. The first-order chi connectivity index (χ1) is 16.0. The predicted octanol–water partition coefficient (Wildman–Crippen LogP) is 3.51. The molecule has 2 N–H and O–H groups in total. The predicted molar refractivity (Wildman–Crippen MR) is 125 cm³/mol. The van der Waals surface area contributed by atoms with Crippen LogP contribution in [0.5, 0.6) is 0 Å². The molecule has 33 heavy (non-hydrogen) atoms. The zero-order valence-corrected chi connectivity index (χ0v) is 18.5. The number of ether oxygens (including phenoxy) is 1. The summed E-state index contributed by atoms with van der Waals surface area (Å²) in [5.41, 5.74) is 4.68. The van der Waals surface area contributed by atoms with Crippen molar-refractivity contribution in [3.63, 3.8) is 0 Å². The Hall–Kier alpha value is -3.63. The van der Waals surface area contributed by atoms with Crippen molar-refractivity contribution in [3.05, 3.63) is 70.4 Å². The maximum Gasteiger partial charge on any atom is 0.274 e. The number of rotatable bonds is 6. The van der Waals surface area contributed by atoms with Crippen molar-refractivity contribution in [2.45, 2.75) is 6.92 Å². The number of hydrogen-bond donors (Lipinski definition) is 2. The molecule has 0 atom stereocenters. The van der Waals surface area contributed by atoms with Crippen LogP contribution in [0.2, 0.25) is 5.02 Å². The van der Waals surface area contributed by atoms with E-state index in [-0.39, 0.29) is 17.5 Å². The van der Waals surface area contributed by atoms with Gasteiger partial charge in [0.2, 0.25) is 5.95 Å². The molecule has 0 unspecified atom stereocenters.